The minimum absolute atomic E-state index is 0.0476. The molecular weight excluding hydrogens is 482 g/mol. The third-order valence-corrected chi connectivity index (χ3v) is 5.46. The number of ether oxygens (including phenoxy) is 1. The van der Waals surface area contributed by atoms with E-state index in [2.05, 4.69) is 15.5 Å². The van der Waals surface area contributed by atoms with Crippen LogP contribution in [0.15, 0.2) is 46.5 Å². The van der Waals surface area contributed by atoms with Gasteiger partial charge in [-0.15, -0.1) is 0 Å². The number of aliphatic imine (C=N–C) groups is 1. The van der Waals surface area contributed by atoms with E-state index in [0.29, 0.717) is 23.3 Å². The van der Waals surface area contributed by atoms with Crippen molar-refractivity contribution in [1.29, 1.82) is 0 Å². The number of halogens is 5. The van der Waals surface area contributed by atoms with Crippen molar-refractivity contribution in [2.24, 2.45) is 10.1 Å². The fraction of sp³-hybridized carbons (Fsp3) is 0.318. The maximum absolute atomic E-state index is 14.2. The topological polar surface area (TPSA) is 72.3 Å². The highest BCUT2D eigenvalue weighted by atomic mass is 35.5. The van der Waals surface area contributed by atoms with E-state index in [1.54, 1.807) is 19.9 Å². The molecule has 0 saturated heterocycles. The van der Waals surface area contributed by atoms with E-state index in [0.717, 1.165) is 12.1 Å². The van der Waals surface area contributed by atoms with Gasteiger partial charge < -0.3 is 9.57 Å². The van der Waals surface area contributed by atoms with Gasteiger partial charge in [-0.05, 0) is 55.3 Å². The fourth-order valence-electron chi connectivity index (χ4n) is 3.40. The molecule has 0 spiro atoms. The molecule has 1 unspecified atom stereocenters. The Morgan fingerprint density at radius 1 is 1.24 bits per heavy atom. The largest absolute Gasteiger partial charge is 0.465 e. The van der Waals surface area contributed by atoms with Gasteiger partial charge in [0.1, 0.15) is 0 Å². The average molecular weight is 502 g/mol. The zero-order chi connectivity index (χ0) is 24.4. The van der Waals surface area contributed by atoms with Crippen LogP contribution < -0.4 is 5.32 Å². The van der Waals surface area contributed by atoms with Gasteiger partial charge >= 0.3 is 6.18 Å². The molecule has 0 aliphatic carbocycles. The van der Waals surface area contributed by atoms with Crippen LogP contribution in [0, 0.1) is 6.92 Å². The molecule has 1 aliphatic rings. The summed E-state index contributed by atoms with van der Waals surface area (Å²) in [6.07, 6.45) is -5.38. The lowest BCUT2D eigenvalue weighted by Crippen LogP contribution is -2.42. The Balaban J connectivity index is 1.89. The van der Waals surface area contributed by atoms with E-state index in [-0.39, 0.29) is 27.3 Å². The minimum atomic E-state index is -4.80. The summed E-state index contributed by atoms with van der Waals surface area (Å²) < 4.78 is 47.7. The first-order valence-electron chi connectivity index (χ1n) is 9.81. The Kier molecular flexibility index (Phi) is 7.23. The molecule has 0 fully saturated rings. The smallest absolute Gasteiger partial charge is 0.435 e. The Morgan fingerprint density at radius 3 is 2.45 bits per heavy atom. The quantitative estimate of drug-likeness (QED) is 0.435. The number of benzene rings is 2. The highest BCUT2D eigenvalue weighted by Crippen LogP contribution is 2.49. The van der Waals surface area contributed by atoms with Crippen molar-refractivity contribution in [2.75, 3.05) is 13.7 Å². The second-order valence-electron chi connectivity index (χ2n) is 7.23. The number of hydrogen-bond donors (Lipinski definition) is 1. The second kappa shape index (κ2) is 9.61. The average Bonchev–Trinajstić information content (AvgIpc) is 3.19. The summed E-state index contributed by atoms with van der Waals surface area (Å²) >= 11 is 11.9. The Hall–Kier alpha value is -2.78. The number of aryl methyl sites for hydroxylation is 1. The van der Waals surface area contributed by atoms with Gasteiger partial charge in [-0.3, -0.25) is 10.1 Å². The van der Waals surface area contributed by atoms with E-state index >= 15 is 0 Å². The van der Waals surface area contributed by atoms with Gasteiger partial charge in [-0.1, -0.05) is 34.4 Å². The molecule has 0 radical (unpaired) electrons. The normalized spacial score (nSPS) is 18.5. The number of oxime groups is 1. The summed E-state index contributed by atoms with van der Waals surface area (Å²) in [7, 11) is 1.47. The lowest BCUT2D eigenvalue weighted by molar-refractivity contribution is -0.275. The van der Waals surface area contributed by atoms with Gasteiger partial charge in [0.15, 0.2) is 0 Å². The van der Waals surface area contributed by atoms with Gasteiger partial charge in [-0.25, -0.2) is 4.99 Å². The lowest BCUT2D eigenvalue weighted by Gasteiger charge is -2.29. The lowest BCUT2D eigenvalue weighted by atomic mass is 9.86. The number of alkyl halides is 3. The highest BCUT2D eigenvalue weighted by Gasteiger charge is 2.62. The van der Waals surface area contributed by atoms with Crippen LogP contribution in [-0.2, 0) is 15.2 Å². The van der Waals surface area contributed by atoms with Gasteiger partial charge in [0.25, 0.3) is 17.5 Å². The summed E-state index contributed by atoms with van der Waals surface area (Å²) in [5.41, 5.74) is -1.69. The Morgan fingerprint density at radius 2 is 1.91 bits per heavy atom. The zero-order valence-corrected chi connectivity index (χ0v) is 19.4. The third kappa shape index (κ3) is 5.09. The van der Waals surface area contributed by atoms with Crippen LogP contribution in [0.5, 0.6) is 0 Å². The van der Waals surface area contributed by atoms with Crippen LogP contribution in [0.3, 0.4) is 0 Å². The van der Waals surface area contributed by atoms with Crippen LogP contribution in [0.2, 0.25) is 10.0 Å². The number of carbonyl (C=O) groups is 1. The molecular formula is C22H20Cl2F3N3O3. The van der Waals surface area contributed by atoms with Gasteiger partial charge in [0.2, 0.25) is 0 Å². The van der Waals surface area contributed by atoms with Crippen molar-refractivity contribution in [3.63, 3.8) is 0 Å². The maximum atomic E-state index is 14.2. The molecule has 1 heterocycles. The van der Waals surface area contributed by atoms with Crippen molar-refractivity contribution in [3.8, 4) is 0 Å². The van der Waals surface area contributed by atoms with E-state index in [9.17, 15) is 18.0 Å². The number of nitrogens with one attached hydrogen (secondary N) is 1. The number of nitrogens with zero attached hydrogens (tertiary/aromatic N) is 2. The molecule has 3 rings (SSSR count). The van der Waals surface area contributed by atoms with E-state index in [4.69, 9.17) is 32.8 Å². The van der Waals surface area contributed by atoms with Crippen molar-refractivity contribution < 1.29 is 27.5 Å². The van der Waals surface area contributed by atoms with Gasteiger partial charge in [0, 0.05) is 34.6 Å². The first kappa shape index (κ1) is 24.9. The molecule has 1 aliphatic heterocycles. The minimum Gasteiger partial charge on any atom is -0.465 e. The number of amidine groups is 1. The van der Waals surface area contributed by atoms with Gasteiger partial charge in [-0.2, -0.15) is 13.2 Å². The summed E-state index contributed by atoms with van der Waals surface area (Å²) in [5, 5.41) is 6.37. The van der Waals surface area contributed by atoms with Crippen molar-refractivity contribution in [1.82, 2.24) is 5.32 Å². The standard InChI is InChI=1S/C22H20Cl2F3N3O3/c1-4-32-20(28-3)29-19(31)17-6-5-13(7-12(17)2)18-11-21(33-30-18,22(25,26)27)14-8-15(23)10-16(24)9-14/h5-10H,4,11H2,1-3H3,(H,28,29,31). The monoisotopic (exact) mass is 501 g/mol. The molecule has 176 valence electrons. The fourth-order valence-corrected chi connectivity index (χ4v) is 3.93. The number of carbonyl (C=O) groups excluding carboxylic acids is 1. The van der Waals surface area contributed by atoms with Crippen molar-refractivity contribution >= 4 is 40.8 Å². The molecule has 6 nitrogen and oxygen atoms in total. The molecule has 0 aromatic heterocycles. The first-order chi connectivity index (χ1) is 15.5. The van der Waals surface area contributed by atoms with Crippen LogP contribution in [0.25, 0.3) is 0 Å². The number of amides is 1. The van der Waals surface area contributed by atoms with Crippen LogP contribution in [-0.4, -0.2) is 37.5 Å². The number of rotatable bonds is 4. The Bertz CT molecular complexity index is 1120. The van der Waals surface area contributed by atoms with Crippen LogP contribution in [0.1, 0.15) is 40.4 Å². The molecule has 2 aromatic carbocycles. The first-order valence-corrected chi connectivity index (χ1v) is 10.6. The second-order valence-corrected chi connectivity index (χ2v) is 8.11. The summed E-state index contributed by atoms with van der Waals surface area (Å²) in [4.78, 5) is 21.4. The predicted molar refractivity (Wildman–Crippen MR) is 120 cm³/mol. The molecule has 1 amide bonds. The predicted octanol–water partition coefficient (Wildman–Crippen LogP) is 5.64. The van der Waals surface area contributed by atoms with Crippen molar-refractivity contribution in [3.05, 3.63) is 68.7 Å². The molecule has 0 saturated carbocycles. The molecule has 1 N–H and O–H groups in total. The van der Waals surface area contributed by atoms with Crippen LogP contribution >= 0.6 is 23.2 Å². The highest BCUT2D eigenvalue weighted by molar-refractivity contribution is 6.34. The molecule has 0 bridgehead atoms. The SMILES string of the molecule is CCOC(=NC)NC(=O)c1ccc(C2=NOC(c3cc(Cl)cc(Cl)c3)(C(F)(F)F)C2)cc1C. The summed E-state index contributed by atoms with van der Waals surface area (Å²) in [6, 6.07) is 8.27. The molecule has 11 heteroatoms. The van der Waals surface area contributed by atoms with Crippen molar-refractivity contribution in [2.45, 2.75) is 32.0 Å². The van der Waals surface area contributed by atoms with Gasteiger partial charge in [0.05, 0.1) is 12.3 Å². The zero-order valence-electron chi connectivity index (χ0n) is 17.9. The number of hydrogen-bond acceptors (Lipinski definition) is 5. The van der Waals surface area contributed by atoms with Crippen LogP contribution in [0.4, 0.5) is 13.2 Å². The Labute approximate surface area is 198 Å². The summed E-state index contributed by atoms with van der Waals surface area (Å²) in [6.45, 7) is 3.73. The maximum Gasteiger partial charge on any atom is 0.435 e. The van der Waals surface area contributed by atoms with E-state index in [1.165, 1.54) is 25.2 Å². The molecule has 2 aromatic rings. The summed E-state index contributed by atoms with van der Waals surface area (Å²) in [5.74, 6) is -0.462. The third-order valence-electron chi connectivity index (χ3n) is 5.02. The molecule has 1 atom stereocenters. The van der Waals surface area contributed by atoms with E-state index in [1.807, 2.05) is 0 Å². The van der Waals surface area contributed by atoms with E-state index < -0.39 is 24.1 Å². The molecule has 33 heavy (non-hydrogen) atoms.